The Hall–Kier alpha value is -0.900. The van der Waals surface area contributed by atoms with Gasteiger partial charge in [-0.05, 0) is 13.8 Å². The second-order valence-electron chi connectivity index (χ2n) is 3.51. The number of hydrogen-bond donors (Lipinski definition) is 0. The smallest absolute Gasteiger partial charge is 0.0738 e. The van der Waals surface area contributed by atoms with Crippen LogP contribution >= 0.6 is 0 Å². The Morgan fingerprint density at radius 2 is 2.25 bits per heavy atom. The minimum atomic E-state index is 0.619. The molecule has 0 amide bonds. The second-order valence-corrected chi connectivity index (χ2v) is 3.51. The number of rotatable bonds is 1. The quantitative estimate of drug-likeness (QED) is 0.609. The maximum atomic E-state index is 3.99. The summed E-state index contributed by atoms with van der Waals surface area (Å²) in [4.78, 5) is 2.43. The molecule has 0 aliphatic carbocycles. The van der Waals surface area contributed by atoms with E-state index in [0.29, 0.717) is 6.04 Å². The lowest BCUT2D eigenvalue weighted by Crippen LogP contribution is -2.38. The zero-order valence-corrected chi connectivity index (χ0v) is 7.56. The summed E-state index contributed by atoms with van der Waals surface area (Å²) in [6, 6.07) is 0.619. The summed E-state index contributed by atoms with van der Waals surface area (Å²) in [5, 5.41) is 7.87. The first-order chi connectivity index (χ1) is 5.77. The van der Waals surface area contributed by atoms with Crippen LogP contribution in [-0.4, -0.2) is 32.5 Å². The van der Waals surface area contributed by atoms with Gasteiger partial charge in [-0.15, -0.1) is 5.10 Å². The molecule has 4 heteroatoms. The average Bonchev–Trinajstić information content (AvgIpc) is 2.49. The standard InChI is InChI=1S/C8H14N4/c1-7(2)11-3-4-12-8(6-11)5-9-10-12/h5,7H,3-4,6H2,1-2H3. The second kappa shape index (κ2) is 2.86. The summed E-state index contributed by atoms with van der Waals surface area (Å²) < 4.78 is 1.98. The van der Waals surface area contributed by atoms with E-state index in [4.69, 9.17) is 0 Å². The average molecular weight is 166 g/mol. The van der Waals surface area contributed by atoms with Gasteiger partial charge in [-0.2, -0.15) is 0 Å². The highest BCUT2D eigenvalue weighted by molar-refractivity contribution is 4.97. The van der Waals surface area contributed by atoms with Gasteiger partial charge in [0, 0.05) is 19.1 Å². The molecule has 4 nitrogen and oxygen atoms in total. The van der Waals surface area contributed by atoms with Crippen LogP contribution in [0, 0.1) is 0 Å². The van der Waals surface area contributed by atoms with Crippen LogP contribution < -0.4 is 0 Å². The molecule has 0 spiro atoms. The summed E-state index contributed by atoms with van der Waals surface area (Å²) in [5.74, 6) is 0. The van der Waals surface area contributed by atoms with E-state index in [0.717, 1.165) is 19.6 Å². The van der Waals surface area contributed by atoms with Gasteiger partial charge in [-0.1, -0.05) is 5.21 Å². The molecule has 2 rings (SSSR count). The molecule has 0 atom stereocenters. The van der Waals surface area contributed by atoms with Crippen LogP contribution in [0.3, 0.4) is 0 Å². The predicted molar refractivity (Wildman–Crippen MR) is 45.6 cm³/mol. The minimum absolute atomic E-state index is 0.619. The summed E-state index contributed by atoms with van der Waals surface area (Å²) in [6.07, 6.45) is 1.86. The lowest BCUT2D eigenvalue weighted by Gasteiger charge is -2.30. The van der Waals surface area contributed by atoms with Crippen molar-refractivity contribution >= 4 is 0 Å². The van der Waals surface area contributed by atoms with Gasteiger partial charge < -0.3 is 0 Å². The molecule has 0 N–H and O–H groups in total. The Morgan fingerprint density at radius 1 is 1.42 bits per heavy atom. The molecule has 0 fully saturated rings. The van der Waals surface area contributed by atoms with Crippen molar-refractivity contribution in [2.24, 2.45) is 0 Å². The molecule has 0 saturated heterocycles. The van der Waals surface area contributed by atoms with E-state index in [1.165, 1.54) is 5.69 Å². The Kier molecular flexibility index (Phi) is 1.84. The van der Waals surface area contributed by atoms with Crippen LogP contribution in [0.15, 0.2) is 6.20 Å². The first-order valence-electron chi connectivity index (χ1n) is 4.39. The van der Waals surface area contributed by atoms with E-state index in [1.807, 2.05) is 10.9 Å². The van der Waals surface area contributed by atoms with Crippen LogP contribution in [0.1, 0.15) is 19.5 Å². The van der Waals surface area contributed by atoms with Gasteiger partial charge in [-0.25, -0.2) is 4.68 Å². The van der Waals surface area contributed by atoms with Gasteiger partial charge in [0.05, 0.1) is 18.4 Å². The zero-order valence-electron chi connectivity index (χ0n) is 7.56. The first kappa shape index (κ1) is 7.73. The highest BCUT2D eigenvalue weighted by atomic mass is 15.4. The Labute approximate surface area is 72.2 Å². The lowest BCUT2D eigenvalue weighted by molar-refractivity contribution is 0.170. The monoisotopic (exact) mass is 166 g/mol. The molecule has 1 aromatic heterocycles. The van der Waals surface area contributed by atoms with Crippen LogP contribution in [0.4, 0.5) is 0 Å². The van der Waals surface area contributed by atoms with Crippen LogP contribution in [0.5, 0.6) is 0 Å². The fourth-order valence-electron chi connectivity index (χ4n) is 1.54. The van der Waals surface area contributed by atoms with Crippen molar-refractivity contribution in [2.45, 2.75) is 33.0 Å². The fourth-order valence-corrected chi connectivity index (χ4v) is 1.54. The Bertz CT molecular complexity index is 266. The largest absolute Gasteiger partial charge is 0.293 e. The molecule has 66 valence electrons. The highest BCUT2D eigenvalue weighted by Crippen LogP contribution is 2.11. The fraction of sp³-hybridized carbons (Fsp3) is 0.750. The Morgan fingerprint density at radius 3 is 3.00 bits per heavy atom. The Balaban J connectivity index is 2.15. The van der Waals surface area contributed by atoms with E-state index in [9.17, 15) is 0 Å². The molecule has 0 radical (unpaired) electrons. The molecule has 0 saturated carbocycles. The van der Waals surface area contributed by atoms with Gasteiger partial charge >= 0.3 is 0 Å². The first-order valence-corrected chi connectivity index (χ1v) is 4.39. The van der Waals surface area contributed by atoms with Crippen molar-refractivity contribution in [3.8, 4) is 0 Å². The molecule has 1 aromatic rings. The van der Waals surface area contributed by atoms with Gasteiger partial charge in [0.15, 0.2) is 0 Å². The van der Waals surface area contributed by atoms with Gasteiger partial charge in [0.1, 0.15) is 0 Å². The third-order valence-corrected chi connectivity index (χ3v) is 2.39. The third kappa shape index (κ3) is 1.22. The van der Waals surface area contributed by atoms with Gasteiger partial charge in [-0.3, -0.25) is 4.90 Å². The third-order valence-electron chi connectivity index (χ3n) is 2.39. The summed E-state index contributed by atoms with van der Waals surface area (Å²) in [7, 11) is 0. The van der Waals surface area contributed by atoms with E-state index >= 15 is 0 Å². The number of fused-ring (bicyclic) bond motifs is 1. The van der Waals surface area contributed by atoms with Crippen molar-refractivity contribution in [1.29, 1.82) is 0 Å². The number of nitrogens with zero attached hydrogens (tertiary/aromatic N) is 4. The molecule has 0 aromatic carbocycles. The van der Waals surface area contributed by atoms with Crippen molar-refractivity contribution < 1.29 is 0 Å². The molecule has 1 aliphatic heterocycles. The SMILES string of the molecule is CC(C)N1CCn2nncc2C1. The normalized spacial score (nSPS) is 18.2. The molecule has 12 heavy (non-hydrogen) atoms. The highest BCUT2D eigenvalue weighted by Gasteiger charge is 2.18. The van der Waals surface area contributed by atoms with Crippen LogP contribution in [-0.2, 0) is 13.1 Å². The van der Waals surface area contributed by atoms with Gasteiger partial charge in [0.2, 0.25) is 0 Å². The molecule has 0 unspecified atom stereocenters. The van der Waals surface area contributed by atoms with Crippen LogP contribution in [0.25, 0.3) is 0 Å². The van der Waals surface area contributed by atoms with Gasteiger partial charge in [0.25, 0.3) is 0 Å². The molecular formula is C8H14N4. The zero-order chi connectivity index (χ0) is 8.55. The van der Waals surface area contributed by atoms with Crippen molar-refractivity contribution in [1.82, 2.24) is 19.9 Å². The van der Waals surface area contributed by atoms with E-state index < -0.39 is 0 Å². The number of aromatic nitrogens is 3. The van der Waals surface area contributed by atoms with E-state index in [2.05, 4.69) is 29.1 Å². The number of hydrogen-bond acceptors (Lipinski definition) is 3. The van der Waals surface area contributed by atoms with Crippen molar-refractivity contribution in [3.63, 3.8) is 0 Å². The maximum absolute atomic E-state index is 3.99. The van der Waals surface area contributed by atoms with E-state index in [1.54, 1.807) is 0 Å². The molecule has 1 aliphatic rings. The topological polar surface area (TPSA) is 34.0 Å². The van der Waals surface area contributed by atoms with Crippen molar-refractivity contribution in [2.75, 3.05) is 6.54 Å². The summed E-state index contributed by atoms with van der Waals surface area (Å²) in [5.41, 5.74) is 1.23. The van der Waals surface area contributed by atoms with E-state index in [-0.39, 0.29) is 0 Å². The van der Waals surface area contributed by atoms with Crippen molar-refractivity contribution in [3.05, 3.63) is 11.9 Å². The lowest BCUT2D eigenvalue weighted by atomic mass is 10.2. The summed E-state index contributed by atoms with van der Waals surface area (Å²) in [6.45, 7) is 7.51. The molecule has 2 heterocycles. The summed E-state index contributed by atoms with van der Waals surface area (Å²) >= 11 is 0. The predicted octanol–water partition coefficient (Wildman–Crippen LogP) is 0.502. The van der Waals surface area contributed by atoms with Crippen LogP contribution in [0.2, 0.25) is 0 Å². The minimum Gasteiger partial charge on any atom is -0.293 e. The maximum Gasteiger partial charge on any atom is 0.0738 e. The molecule has 0 bridgehead atoms. The molecular weight excluding hydrogens is 152 g/mol.